The number of hydrogen-bond acceptors (Lipinski definition) is 4. The van der Waals surface area contributed by atoms with Crippen molar-refractivity contribution in [1.82, 2.24) is 14.5 Å². The van der Waals surface area contributed by atoms with E-state index in [4.69, 9.17) is 16.7 Å². The summed E-state index contributed by atoms with van der Waals surface area (Å²) in [5.41, 5.74) is 0. The molecule has 98 valence electrons. The van der Waals surface area contributed by atoms with Crippen molar-refractivity contribution in [3.8, 4) is 0 Å². The SMILES string of the molecule is Cn1ncc(Cl)c1S(=O)(=O)NCC(F)(F)CO. The van der Waals surface area contributed by atoms with Gasteiger partial charge in [0.15, 0.2) is 5.03 Å². The Morgan fingerprint density at radius 3 is 2.65 bits per heavy atom. The van der Waals surface area contributed by atoms with Gasteiger partial charge in [0.25, 0.3) is 15.9 Å². The average Bonchev–Trinajstić information content (AvgIpc) is 2.57. The third-order valence-electron chi connectivity index (χ3n) is 1.85. The fourth-order valence-corrected chi connectivity index (χ4v) is 2.74. The van der Waals surface area contributed by atoms with Crippen LogP contribution in [0.15, 0.2) is 11.2 Å². The first-order valence-corrected chi connectivity index (χ1v) is 6.21. The Bertz CT molecular complexity index is 483. The second-order valence-corrected chi connectivity index (χ2v) is 5.35. The van der Waals surface area contributed by atoms with E-state index in [1.807, 2.05) is 0 Å². The molecular weight excluding hydrogens is 280 g/mol. The van der Waals surface area contributed by atoms with Crippen LogP contribution >= 0.6 is 11.6 Å². The van der Waals surface area contributed by atoms with E-state index in [0.29, 0.717) is 0 Å². The van der Waals surface area contributed by atoms with Crippen LogP contribution in [-0.4, -0.2) is 42.4 Å². The van der Waals surface area contributed by atoms with Crippen LogP contribution in [-0.2, 0) is 17.1 Å². The third-order valence-corrected chi connectivity index (χ3v) is 3.76. The topological polar surface area (TPSA) is 84.2 Å². The summed E-state index contributed by atoms with van der Waals surface area (Å²) in [6.45, 7) is -2.66. The average molecular weight is 290 g/mol. The normalized spacial score (nSPS) is 13.0. The van der Waals surface area contributed by atoms with Crippen LogP contribution in [0.5, 0.6) is 0 Å². The van der Waals surface area contributed by atoms with Gasteiger partial charge >= 0.3 is 0 Å². The molecule has 0 bridgehead atoms. The molecule has 1 aromatic rings. The van der Waals surface area contributed by atoms with Crippen LogP contribution in [0.3, 0.4) is 0 Å². The molecule has 0 atom stereocenters. The van der Waals surface area contributed by atoms with Crippen molar-refractivity contribution >= 4 is 21.6 Å². The molecule has 0 spiro atoms. The molecule has 0 amide bonds. The van der Waals surface area contributed by atoms with Crippen molar-refractivity contribution in [3.63, 3.8) is 0 Å². The monoisotopic (exact) mass is 289 g/mol. The molecule has 2 N–H and O–H groups in total. The Labute approximate surface area is 101 Å². The van der Waals surface area contributed by atoms with Crippen LogP contribution in [0, 0.1) is 0 Å². The summed E-state index contributed by atoms with van der Waals surface area (Å²) < 4.78 is 51.2. The number of alkyl halides is 2. The molecule has 0 aliphatic heterocycles. The maximum Gasteiger partial charge on any atom is 0.283 e. The first-order valence-electron chi connectivity index (χ1n) is 4.35. The van der Waals surface area contributed by atoms with Gasteiger partial charge in [0.2, 0.25) is 0 Å². The minimum absolute atomic E-state index is 0.174. The van der Waals surface area contributed by atoms with Crippen LogP contribution in [0.2, 0.25) is 5.02 Å². The molecule has 1 heterocycles. The quantitative estimate of drug-likeness (QED) is 0.798. The molecule has 6 nitrogen and oxygen atoms in total. The number of sulfonamides is 1. The summed E-state index contributed by atoms with van der Waals surface area (Å²) in [6, 6.07) is 0. The van der Waals surface area contributed by atoms with Crippen LogP contribution in [0.4, 0.5) is 8.78 Å². The van der Waals surface area contributed by atoms with E-state index in [9.17, 15) is 17.2 Å². The maximum atomic E-state index is 12.7. The van der Waals surface area contributed by atoms with Gasteiger partial charge in [-0.1, -0.05) is 11.6 Å². The minimum atomic E-state index is -4.19. The molecular formula is C7H10ClF2N3O3S. The predicted octanol–water partition coefficient (Wildman–Crippen LogP) is -0.0206. The minimum Gasteiger partial charge on any atom is -0.390 e. The summed E-state index contributed by atoms with van der Waals surface area (Å²) in [5.74, 6) is -3.53. The lowest BCUT2D eigenvalue weighted by Gasteiger charge is -2.14. The van der Waals surface area contributed by atoms with E-state index in [2.05, 4.69) is 5.10 Å². The number of nitrogens with zero attached hydrogens (tertiary/aromatic N) is 2. The lowest BCUT2D eigenvalue weighted by molar-refractivity contribution is -0.0437. The smallest absolute Gasteiger partial charge is 0.283 e. The summed E-state index contributed by atoms with van der Waals surface area (Å²) in [4.78, 5) is 0. The Morgan fingerprint density at radius 1 is 1.65 bits per heavy atom. The fourth-order valence-electron chi connectivity index (χ4n) is 1.03. The van der Waals surface area contributed by atoms with Gasteiger partial charge < -0.3 is 5.11 Å². The number of hydrogen-bond donors (Lipinski definition) is 2. The summed E-state index contributed by atoms with van der Waals surface area (Å²) in [7, 11) is -2.88. The molecule has 0 radical (unpaired) electrons. The Hall–Kier alpha value is -0.770. The van der Waals surface area contributed by atoms with Gasteiger partial charge in [-0.3, -0.25) is 4.68 Å². The summed E-state index contributed by atoms with van der Waals surface area (Å²) >= 11 is 5.57. The summed E-state index contributed by atoms with van der Waals surface area (Å²) in [5, 5.41) is 11.3. The lowest BCUT2D eigenvalue weighted by atomic mass is 10.4. The number of aliphatic hydroxyl groups excluding tert-OH is 1. The van der Waals surface area contributed by atoms with Crippen molar-refractivity contribution in [3.05, 3.63) is 11.2 Å². The number of aryl methyl sites for hydroxylation is 1. The van der Waals surface area contributed by atoms with Crippen LogP contribution in [0.1, 0.15) is 0 Å². The number of rotatable bonds is 5. The molecule has 10 heteroatoms. The zero-order chi connectivity index (χ0) is 13.3. The molecule has 0 saturated carbocycles. The van der Waals surface area contributed by atoms with E-state index in [1.54, 1.807) is 4.72 Å². The van der Waals surface area contributed by atoms with Crippen LogP contribution in [0.25, 0.3) is 0 Å². The van der Waals surface area contributed by atoms with Crippen molar-refractivity contribution < 1.29 is 22.3 Å². The predicted molar refractivity (Wildman–Crippen MR) is 55.4 cm³/mol. The molecule has 17 heavy (non-hydrogen) atoms. The zero-order valence-electron chi connectivity index (χ0n) is 8.69. The highest BCUT2D eigenvalue weighted by Gasteiger charge is 2.32. The molecule has 1 aromatic heterocycles. The number of nitrogens with one attached hydrogen (secondary N) is 1. The maximum absolute atomic E-state index is 12.7. The van der Waals surface area contributed by atoms with E-state index in [0.717, 1.165) is 10.9 Å². The van der Waals surface area contributed by atoms with Crippen molar-refractivity contribution in [2.75, 3.05) is 13.2 Å². The molecule has 0 aliphatic rings. The highest BCUT2D eigenvalue weighted by Crippen LogP contribution is 2.20. The fraction of sp³-hybridized carbons (Fsp3) is 0.571. The Balaban J connectivity index is 2.91. The van der Waals surface area contributed by atoms with Gasteiger partial charge in [0, 0.05) is 7.05 Å². The second kappa shape index (κ2) is 4.84. The highest BCUT2D eigenvalue weighted by molar-refractivity contribution is 7.89. The van der Waals surface area contributed by atoms with E-state index in [1.165, 1.54) is 7.05 Å². The van der Waals surface area contributed by atoms with E-state index in [-0.39, 0.29) is 5.02 Å². The van der Waals surface area contributed by atoms with Gasteiger partial charge in [-0.25, -0.2) is 21.9 Å². The van der Waals surface area contributed by atoms with Gasteiger partial charge in [-0.15, -0.1) is 0 Å². The van der Waals surface area contributed by atoms with Crippen molar-refractivity contribution in [2.45, 2.75) is 10.9 Å². The van der Waals surface area contributed by atoms with Gasteiger partial charge in [-0.05, 0) is 0 Å². The van der Waals surface area contributed by atoms with Gasteiger partial charge in [0.1, 0.15) is 6.61 Å². The zero-order valence-corrected chi connectivity index (χ0v) is 10.3. The number of halogens is 3. The first-order chi connectivity index (χ1) is 7.69. The van der Waals surface area contributed by atoms with Crippen molar-refractivity contribution in [2.24, 2.45) is 7.05 Å². The standard InChI is InChI=1S/C7H10ClF2N3O3S/c1-13-6(5(8)2-11-13)17(15,16)12-3-7(9,10)4-14/h2,12,14H,3-4H2,1H3. The highest BCUT2D eigenvalue weighted by atomic mass is 35.5. The third kappa shape index (κ3) is 3.35. The molecule has 0 saturated heterocycles. The first kappa shape index (κ1) is 14.3. The molecule has 0 unspecified atom stereocenters. The number of aliphatic hydroxyl groups is 1. The van der Waals surface area contributed by atoms with E-state index >= 15 is 0 Å². The summed E-state index contributed by atoms with van der Waals surface area (Å²) in [6.07, 6.45) is 1.08. The van der Waals surface area contributed by atoms with Gasteiger partial charge in [0.05, 0.1) is 17.8 Å². The molecule has 0 fully saturated rings. The molecule has 0 aliphatic carbocycles. The largest absolute Gasteiger partial charge is 0.390 e. The molecule has 0 aromatic carbocycles. The van der Waals surface area contributed by atoms with Crippen molar-refractivity contribution in [1.29, 1.82) is 0 Å². The van der Waals surface area contributed by atoms with Gasteiger partial charge in [-0.2, -0.15) is 5.10 Å². The Morgan fingerprint density at radius 2 is 2.24 bits per heavy atom. The van der Waals surface area contributed by atoms with E-state index < -0.39 is 34.1 Å². The number of aromatic nitrogens is 2. The second-order valence-electron chi connectivity index (χ2n) is 3.26. The molecule has 1 rings (SSSR count). The Kier molecular flexibility index (Phi) is 4.07. The lowest BCUT2D eigenvalue weighted by Crippen LogP contribution is -2.39. The van der Waals surface area contributed by atoms with Crippen LogP contribution < -0.4 is 4.72 Å².